The first kappa shape index (κ1) is 19.5. The van der Waals surface area contributed by atoms with Crippen LogP contribution in [0.3, 0.4) is 0 Å². The molecular formula is C17H16ClFN6O3. The molecule has 0 saturated carbocycles. The minimum Gasteiger partial charge on any atom is -0.307 e. The molecule has 0 aliphatic rings. The second kappa shape index (κ2) is 8.17. The van der Waals surface area contributed by atoms with Crippen molar-refractivity contribution in [3.63, 3.8) is 0 Å². The van der Waals surface area contributed by atoms with Gasteiger partial charge in [-0.3, -0.25) is 24.3 Å². The molecule has 9 nitrogen and oxygen atoms in total. The number of aromatic nitrogens is 4. The van der Waals surface area contributed by atoms with Crippen LogP contribution in [0.1, 0.15) is 24.9 Å². The van der Waals surface area contributed by atoms with Gasteiger partial charge in [0.2, 0.25) is 5.91 Å². The fourth-order valence-corrected chi connectivity index (χ4v) is 2.86. The molecule has 0 spiro atoms. The molecule has 1 unspecified atom stereocenters. The lowest BCUT2D eigenvalue weighted by Crippen LogP contribution is -2.26. The van der Waals surface area contributed by atoms with Crippen molar-refractivity contribution in [1.82, 2.24) is 19.6 Å². The van der Waals surface area contributed by atoms with Gasteiger partial charge in [-0.1, -0.05) is 24.6 Å². The monoisotopic (exact) mass is 406 g/mol. The molecule has 146 valence electrons. The van der Waals surface area contributed by atoms with Crippen LogP contribution in [0.5, 0.6) is 0 Å². The highest BCUT2D eigenvalue weighted by molar-refractivity contribution is 6.31. The van der Waals surface area contributed by atoms with Crippen molar-refractivity contribution in [2.75, 3.05) is 5.32 Å². The van der Waals surface area contributed by atoms with Crippen molar-refractivity contribution < 1.29 is 14.1 Å². The van der Waals surface area contributed by atoms with Crippen LogP contribution in [0.25, 0.3) is 0 Å². The number of anilines is 1. The highest BCUT2D eigenvalue weighted by Crippen LogP contribution is 2.20. The summed E-state index contributed by atoms with van der Waals surface area (Å²) in [5.41, 5.74) is 0.492. The average Bonchev–Trinajstić information content (AvgIpc) is 3.28. The molecule has 11 heteroatoms. The van der Waals surface area contributed by atoms with E-state index in [2.05, 4.69) is 15.5 Å². The number of carbonyl (C=O) groups is 1. The molecule has 1 amide bonds. The van der Waals surface area contributed by atoms with Gasteiger partial charge >= 0.3 is 5.69 Å². The van der Waals surface area contributed by atoms with Gasteiger partial charge in [0.25, 0.3) is 0 Å². The van der Waals surface area contributed by atoms with E-state index in [0.29, 0.717) is 24.3 Å². The quantitative estimate of drug-likeness (QED) is 0.477. The van der Waals surface area contributed by atoms with Gasteiger partial charge in [0.05, 0.1) is 11.5 Å². The van der Waals surface area contributed by atoms with Gasteiger partial charge in [-0.25, -0.2) is 4.39 Å². The van der Waals surface area contributed by atoms with Gasteiger partial charge in [-0.05, 0) is 24.1 Å². The molecule has 0 aliphatic carbocycles. The summed E-state index contributed by atoms with van der Waals surface area (Å²) in [7, 11) is 0. The number of nitro groups is 1. The molecule has 1 atom stereocenters. The molecule has 0 aliphatic heterocycles. The second-order valence-corrected chi connectivity index (χ2v) is 6.39. The third-order valence-electron chi connectivity index (χ3n) is 4.05. The first-order valence-corrected chi connectivity index (χ1v) is 8.72. The number of benzene rings is 1. The Morgan fingerprint density at radius 3 is 2.86 bits per heavy atom. The normalized spacial score (nSPS) is 12.0. The van der Waals surface area contributed by atoms with Gasteiger partial charge in [-0.15, -0.1) is 0 Å². The van der Waals surface area contributed by atoms with Gasteiger partial charge < -0.3 is 5.32 Å². The third-order valence-corrected chi connectivity index (χ3v) is 4.40. The molecular weight excluding hydrogens is 391 g/mol. The zero-order chi connectivity index (χ0) is 20.3. The van der Waals surface area contributed by atoms with Crippen LogP contribution in [0.4, 0.5) is 15.9 Å². The number of rotatable bonds is 7. The standard InChI is InChI=1S/C17H16ClFN6O3/c1-2-15(24-10-13(8-20-24)25(27)28)17(26)21-16-5-6-23(22-16)9-11-3-4-12(19)7-14(11)18/h3-8,10,15H,2,9H2,1H3,(H,21,22,26). The molecule has 3 aromatic rings. The third kappa shape index (κ3) is 4.34. The Balaban J connectivity index is 1.69. The molecule has 1 N–H and O–H groups in total. The number of nitrogens with one attached hydrogen (secondary N) is 1. The van der Waals surface area contributed by atoms with Crippen LogP contribution in [0.15, 0.2) is 42.9 Å². The summed E-state index contributed by atoms with van der Waals surface area (Å²) >= 11 is 6.01. The predicted octanol–water partition coefficient (Wildman–Crippen LogP) is 3.42. The molecule has 1 aromatic carbocycles. The predicted molar refractivity (Wildman–Crippen MR) is 99.6 cm³/mol. The van der Waals surface area contributed by atoms with Crippen LogP contribution in [-0.4, -0.2) is 30.4 Å². The Hall–Kier alpha value is -3.27. The lowest BCUT2D eigenvalue weighted by atomic mass is 10.2. The van der Waals surface area contributed by atoms with Gasteiger partial charge in [0.15, 0.2) is 5.82 Å². The smallest absolute Gasteiger partial charge is 0.307 e. The zero-order valence-corrected chi connectivity index (χ0v) is 15.5. The maximum absolute atomic E-state index is 13.1. The Bertz CT molecular complexity index is 1020. The largest absolute Gasteiger partial charge is 0.307 e. The van der Waals surface area contributed by atoms with Crippen molar-refractivity contribution in [1.29, 1.82) is 0 Å². The van der Waals surface area contributed by atoms with Crippen molar-refractivity contribution in [3.05, 3.63) is 69.4 Å². The maximum Gasteiger partial charge on any atom is 0.307 e. The number of halogens is 2. The number of hydrogen-bond acceptors (Lipinski definition) is 5. The van der Waals surface area contributed by atoms with E-state index < -0.39 is 22.7 Å². The number of nitrogens with zero attached hydrogens (tertiary/aromatic N) is 5. The van der Waals surface area contributed by atoms with Gasteiger partial charge in [-0.2, -0.15) is 10.2 Å². The van der Waals surface area contributed by atoms with Crippen molar-refractivity contribution in [2.24, 2.45) is 0 Å². The van der Waals surface area contributed by atoms with Crippen molar-refractivity contribution >= 4 is 29.0 Å². The summed E-state index contributed by atoms with van der Waals surface area (Å²) in [6, 6.07) is 4.98. The molecule has 0 fully saturated rings. The summed E-state index contributed by atoms with van der Waals surface area (Å²) < 4.78 is 15.9. The lowest BCUT2D eigenvalue weighted by Gasteiger charge is -2.14. The van der Waals surface area contributed by atoms with Gasteiger partial charge in [0.1, 0.15) is 24.3 Å². The van der Waals surface area contributed by atoms with Crippen molar-refractivity contribution in [3.8, 4) is 0 Å². The number of amides is 1. The molecule has 0 bridgehead atoms. The fraction of sp³-hybridized carbons (Fsp3) is 0.235. The van der Waals surface area contributed by atoms with E-state index in [1.165, 1.54) is 23.0 Å². The fourth-order valence-electron chi connectivity index (χ4n) is 2.64. The molecule has 0 saturated heterocycles. The molecule has 28 heavy (non-hydrogen) atoms. The number of carbonyl (C=O) groups excluding carboxylic acids is 1. The summed E-state index contributed by atoms with van der Waals surface area (Å²) in [6.07, 6.45) is 4.34. The topological polar surface area (TPSA) is 108 Å². The minimum atomic E-state index is -0.717. The van der Waals surface area contributed by atoms with E-state index in [1.807, 2.05) is 0 Å². The Labute approximate surface area is 163 Å². The highest BCUT2D eigenvalue weighted by atomic mass is 35.5. The van der Waals surface area contributed by atoms with E-state index in [4.69, 9.17) is 11.6 Å². The molecule has 2 aromatic heterocycles. The van der Waals surface area contributed by atoms with Crippen LogP contribution >= 0.6 is 11.6 Å². The Morgan fingerprint density at radius 2 is 2.21 bits per heavy atom. The van der Waals surface area contributed by atoms with E-state index in [0.717, 1.165) is 6.20 Å². The maximum atomic E-state index is 13.1. The van der Waals surface area contributed by atoms with Crippen LogP contribution in [0.2, 0.25) is 5.02 Å². The summed E-state index contributed by atoms with van der Waals surface area (Å²) in [6.45, 7) is 2.07. The Morgan fingerprint density at radius 1 is 1.43 bits per heavy atom. The molecule has 0 radical (unpaired) electrons. The summed E-state index contributed by atoms with van der Waals surface area (Å²) in [5, 5.41) is 21.9. The van der Waals surface area contributed by atoms with Crippen LogP contribution in [-0.2, 0) is 11.3 Å². The SMILES string of the molecule is CCC(C(=O)Nc1ccn(Cc2ccc(F)cc2Cl)n1)n1cc([N+](=O)[O-])cn1. The van der Waals surface area contributed by atoms with E-state index in [1.54, 1.807) is 29.9 Å². The lowest BCUT2D eigenvalue weighted by molar-refractivity contribution is -0.385. The highest BCUT2D eigenvalue weighted by Gasteiger charge is 2.22. The number of hydrogen-bond donors (Lipinski definition) is 1. The minimum absolute atomic E-state index is 0.188. The zero-order valence-electron chi connectivity index (χ0n) is 14.7. The first-order chi connectivity index (χ1) is 13.4. The first-order valence-electron chi connectivity index (χ1n) is 8.34. The summed E-state index contributed by atoms with van der Waals surface area (Å²) in [5.74, 6) is -0.513. The molecule has 3 rings (SSSR count). The van der Waals surface area contributed by atoms with E-state index in [-0.39, 0.29) is 10.7 Å². The van der Waals surface area contributed by atoms with Gasteiger partial charge in [0, 0.05) is 17.3 Å². The Kier molecular flexibility index (Phi) is 5.69. The van der Waals surface area contributed by atoms with E-state index in [9.17, 15) is 19.3 Å². The van der Waals surface area contributed by atoms with Crippen LogP contribution < -0.4 is 5.32 Å². The van der Waals surface area contributed by atoms with Crippen molar-refractivity contribution in [2.45, 2.75) is 25.9 Å². The van der Waals surface area contributed by atoms with Crippen LogP contribution in [0, 0.1) is 15.9 Å². The second-order valence-electron chi connectivity index (χ2n) is 5.98. The molecule has 2 heterocycles. The van der Waals surface area contributed by atoms with E-state index >= 15 is 0 Å². The average molecular weight is 407 g/mol. The summed E-state index contributed by atoms with van der Waals surface area (Å²) in [4.78, 5) is 22.7.